The number of aryl methyl sites for hydroxylation is 1. The summed E-state index contributed by atoms with van der Waals surface area (Å²) in [7, 11) is 0. The van der Waals surface area contributed by atoms with Crippen LogP contribution >= 0.6 is 34.9 Å². The van der Waals surface area contributed by atoms with E-state index in [1.807, 2.05) is 48.5 Å². The Kier molecular flexibility index (Phi) is 17.5. The van der Waals surface area contributed by atoms with Gasteiger partial charge in [-0.25, -0.2) is 0 Å². The Labute approximate surface area is 323 Å². The highest BCUT2D eigenvalue weighted by molar-refractivity contribution is 8.26. The number of aromatic nitrogens is 2. The van der Waals surface area contributed by atoms with E-state index in [2.05, 4.69) is 25.3 Å². The van der Waals surface area contributed by atoms with E-state index in [1.165, 1.54) is 11.3 Å². The first kappa shape index (κ1) is 40.8. The van der Waals surface area contributed by atoms with Gasteiger partial charge in [0.1, 0.15) is 40.5 Å². The molecule has 2 aliphatic heterocycles. The van der Waals surface area contributed by atoms with Crippen molar-refractivity contribution in [3.63, 3.8) is 0 Å². The zero-order chi connectivity index (χ0) is 37.1. The molecule has 2 aromatic carbocycles. The molecule has 0 spiro atoms. The van der Waals surface area contributed by atoms with Crippen molar-refractivity contribution in [2.24, 2.45) is 0 Å². The summed E-state index contributed by atoms with van der Waals surface area (Å²) in [6, 6.07) is 15.2. The Bertz CT molecular complexity index is 1630. The highest BCUT2D eigenvalue weighted by Crippen LogP contribution is 2.19. The summed E-state index contributed by atoms with van der Waals surface area (Å²) in [5.41, 5.74) is 1.72. The van der Waals surface area contributed by atoms with E-state index in [9.17, 15) is 9.59 Å². The number of nitrogens with zero attached hydrogens (tertiary/aromatic N) is 4. The number of amidine groups is 1. The number of morpholine rings is 2. The minimum atomic E-state index is -0.303. The van der Waals surface area contributed by atoms with E-state index in [0.29, 0.717) is 47.6 Å². The molecule has 1 amide bonds. The molecule has 13 nitrogen and oxygen atoms in total. The van der Waals surface area contributed by atoms with Crippen LogP contribution in [0.2, 0.25) is 0 Å². The number of hydrogen-bond donors (Lipinski definition) is 3. The first-order chi connectivity index (χ1) is 25.9. The number of carbonyl (C=O) groups is 2. The number of nitrogens with one attached hydrogen (secondary N) is 3. The van der Waals surface area contributed by atoms with Gasteiger partial charge in [0.25, 0.3) is 0 Å². The summed E-state index contributed by atoms with van der Waals surface area (Å²) >= 11 is 4.12. The largest absolute Gasteiger partial charge is 0.492 e. The van der Waals surface area contributed by atoms with Crippen LogP contribution in [0.15, 0.2) is 48.5 Å². The van der Waals surface area contributed by atoms with Crippen LogP contribution in [0.5, 0.6) is 11.5 Å². The molecule has 53 heavy (non-hydrogen) atoms. The standard InChI is InChI=1S/C37H49N7O6S3/c38-33(52-37(39)40-34(46)26-29-4-2-6-32(25-29)50-20-14-44-11-17-48-18-12-44)7-21-51-22-8-35-41-42-36(53-35)27-30(45)23-28-3-1-5-31(24-28)49-19-13-43-9-15-47-16-10-43/h1-6,24-25,38H,7-23,26-27H2,(H2,39,40,46). The van der Waals surface area contributed by atoms with Gasteiger partial charge in [-0.05, 0) is 58.7 Å². The van der Waals surface area contributed by atoms with Crippen molar-refractivity contribution in [1.82, 2.24) is 25.3 Å². The highest BCUT2D eigenvalue weighted by atomic mass is 32.2. The van der Waals surface area contributed by atoms with E-state index in [0.717, 1.165) is 112 Å². The number of carbonyl (C=O) groups excluding carboxylic acids is 2. The molecule has 3 aromatic rings. The Morgan fingerprint density at radius 3 is 2.00 bits per heavy atom. The van der Waals surface area contributed by atoms with Gasteiger partial charge in [0, 0.05) is 58.5 Å². The van der Waals surface area contributed by atoms with Gasteiger partial charge >= 0.3 is 0 Å². The molecule has 0 saturated carbocycles. The van der Waals surface area contributed by atoms with Crippen LogP contribution in [-0.4, -0.2) is 132 Å². The molecule has 1 aromatic heterocycles. The van der Waals surface area contributed by atoms with Crippen molar-refractivity contribution in [3.8, 4) is 11.5 Å². The lowest BCUT2D eigenvalue weighted by Crippen LogP contribution is -2.38. The molecule has 2 fully saturated rings. The van der Waals surface area contributed by atoms with E-state index in [-0.39, 0.29) is 29.7 Å². The Hall–Kier alpha value is -3.38. The van der Waals surface area contributed by atoms with E-state index < -0.39 is 0 Å². The topological polar surface area (TPSA) is 163 Å². The fourth-order valence-electron chi connectivity index (χ4n) is 5.63. The molecule has 0 unspecified atom stereocenters. The van der Waals surface area contributed by atoms with Crippen LogP contribution in [0.1, 0.15) is 27.6 Å². The van der Waals surface area contributed by atoms with E-state index in [1.54, 1.807) is 11.8 Å². The van der Waals surface area contributed by atoms with Crippen LogP contribution in [0.4, 0.5) is 0 Å². The lowest BCUT2D eigenvalue weighted by atomic mass is 10.1. The third kappa shape index (κ3) is 15.9. The van der Waals surface area contributed by atoms with Gasteiger partial charge in [0.2, 0.25) is 5.91 Å². The van der Waals surface area contributed by atoms with Crippen molar-refractivity contribution in [1.29, 1.82) is 10.8 Å². The minimum absolute atomic E-state index is 0.0561. The summed E-state index contributed by atoms with van der Waals surface area (Å²) < 4.78 is 22.6. The second kappa shape index (κ2) is 22.7. The minimum Gasteiger partial charge on any atom is -0.492 e. The molecular weight excluding hydrogens is 735 g/mol. The average Bonchev–Trinajstić information content (AvgIpc) is 3.59. The predicted molar refractivity (Wildman–Crippen MR) is 211 cm³/mol. The van der Waals surface area contributed by atoms with Crippen LogP contribution in [-0.2, 0) is 44.7 Å². The summed E-state index contributed by atoms with van der Waals surface area (Å²) in [4.78, 5) is 30.0. The summed E-state index contributed by atoms with van der Waals surface area (Å²) in [5, 5.41) is 29.4. The molecule has 0 bridgehead atoms. The van der Waals surface area contributed by atoms with Crippen molar-refractivity contribution >= 4 is 56.8 Å². The third-order valence-corrected chi connectivity index (χ3v) is 11.1. The van der Waals surface area contributed by atoms with Crippen LogP contribution in [0.3, 0.4) is 0 Å². The van der Waals surface area contributed by atoms with Crippen LogP contribution < -0.4 is 14.8 Å². The van der Waals surface area contributed by atoms with Gasteiger partial charge in [-0.2, -0.15) is 11.8 Å². The van der Waals surface area contributed by atoms with Gasteiger partial charge in [-0.15, -0.1) is 21.5 Å². The summed E-state index contributed by atoms with van der Waals surface area (Å²) in [6.45, 7) is 9.55. The monoisotopic (exact) mass is 783 g/mol. The molecule has 286 valence electrons. The SMILES string of the molecule is N=C(CCSCCc1nnc(CC(=O)Cc2cccc(OCCN3CCOCC3)c2)s1)SC(=N)NC(=O)Cc1cccc(OCCN2CCOCC2)c1. The maximum atomic E-state index is 12.8. The number of thioether (sulfide) groups is 2. The molecule has 16 heteroatoms. The first-order valence-electron chi connectivity index (χ1n) is 18.0. The Morgan fingerprint density at radius 2 is 1.38 bits per heavy atom. The molecular formula is C37H49N7O6S3. The van der Waals surface area contributed by atoms with E-state index in [4.69, 9.17) is 29.8 Å². The van der Waals surface area contributed by atoms with Crippen LogP contribution in [0.25, 0.3) is 0 Å². The normalized spacial score (nSPS) is 15.2. The molecule has 0 radical (unpaired) electrons. The summed E-state index contributed by atoms with van der Waals surface area (Å²) in [5.74, 6) is 2.79. The first-order valence-corrected chi connectivity index (χ1v) is 20.7. The average molecular weight is 784 g/mol. The van der Waals surface area contributed by atoms with Crippen molar-refractivity contribution in [3.05, 3.63) is 69.7 Å². The van der Waals surface area contributed by atoms with Crippen LogP contribution in [0, 0.1) is 10.8 Å². The predicted octanol–water partition coefficient (Wildman–Crippen LogP) is 3.98. The number of amides is 1. The number of hydrogen-bond acceptors (Lipinski definition) is 15. The van der Waals surface area contributed by atoms with Gasteiger partial charge in [0.15, 0.2) is 5.17 Å². The Balaban J connectivity index is 0.903. The number of ketones is 1. The molecule has 5 rings (SSSR count). The number of benzene rings is 2. The van der Waals surface area contributed by atoms with Gasteiger partial charge in [0.05, 0.1) is 44.3 Å². The quantitative estimate of drug-likeness (QED) is 0.0860. The van der Waals surface area contributed by atoms with Crippen molar-refractivity contribution < 1.29 is 28.5 Å². The van der Waals surface area contributed by atoms with E-state index >= 15 is 0 Å². The third-order valence-electron chi connectivity index (χ3n) is 8.39. The number of rotatable bonds is 20. The molecule has 3 heterocycles. The Morgan fingerprint density at radius 1 is 0.792 bits per heavy atom. The zero-order valence-electron chi connectivity index (χ0n) is 30.0. The van der Waals surface area contributed by atoms with Gasteiger partial charge < -0.3 is 24.3 Å². The fourth-order valence-corrected chi connectivity index (χ4v) is 8.26. The van der Waals surface area contributed by atoms with Gasteiger partial charge in [-0.3, -0.25) is 30.2 Å². The maximum absolute atomic E-state index is 12.8. The van der Waals surface area contributed by atoms with Gasteiger partial charge in [-0.1, -0.05) is 24.3 Å². The molecule has 0 atom stereocenters. The molecule has 2 aliphatic rings. The maximum Gasteiger partial charge on any atom is 0.230 e. The smallest absolute Gasteiger partial charge is 0.230 e. The summed E-state index contributed by atoms with van der Waals surface area (Å²) in [6.07, 6.45) is 1.91. The number of Topliss-reactive ketones (excluding diaryl/α,β-unsaturated/α-hetero) is 1. The van der Waals surface area contributed by atoms with Crippen molar-refractivity contribution in [2.45, 2.75) is 32.1 Å². The molecule has 3 N–H and O–H groups in total. The lowest BCUT2D eigenvalue weighted by molar-refractivity contribution is -0.119. The number of ether oxygens (including phenoxy) is 4. The zero-order valence-corrected chi connectivity index (χ0v) is 32.5. The second-order valence-corrected chi connectivity index (χ2v) is 16.0. The molecule has 0 aliphatic carbocycles. The second-order valence-electron chi connectivity index (χ2n) is 12.6. The molecule has 2 saturated heterocycles. The lowest BCUT2D eigenvalue weighted by Gasteiger charge is -2.26. The van der Waals surface area contributed by atoms with Crippen molar-refractivity contribution in [2.75, 3.05) is 90.4 Å². The highest BCUT2D eigenvalue weighted by Gasteiger charge is 2.14. The fraction of sp³-hybridized carbons (Fsp3) is 0.514.